The maximum absolute atomic E-state index is 10.4. The van der Waals surface area contributed by atoms with E-state index in [0.29, 0.717) is 5.92 Å². The zero-order valence-corrected chi connectivity index (χ0v) is 7.16. The molecule has 0 saturated carbocycles. The van der Waals surface area contributed by atoms with Crippen molar-refractivity contribution in [2.24, 2.45) is 5.92 Å². The summed E-state index contributed by atoms with van der Waals surface area (Å²) in [7, 11) is 1.29. The van der Waals surface area contributed by atoms with Crippen LogP contribution in [0.2, 0.25) is 0 Å². The molecular weight excluding hydrogens is 144 g/mol. The van der Waals surface area contributed by atoms with E-state index in [2.05, 4.69) is 23.3 Å². The van der Waals surface area contributed by atoms with Crippen LogP contribution in [0.1, 0.15) is 13.8 Å². The molecule has 0 radical (unpaired) electrons. The largest absolute Gasteiger partial charge is 0.508 e. The lowest BCUT2D eigenvalue weighted by molar-refractivity contribution is 0.0817. The van der Waals surface area contributed by atoms with Gasteiger partial charge in [0.2, 0.25) is 0 Å². The second-order valence-electron chi connectivity index (χ2n) is 2.44. The molecule has 11 heavy (non-hydrogen) atoms. The molecule has 0 aromatic carbocycles. The standard InChI is InChI=1S/C8H14O3/c1-7(2)5-4-6-11-8(9)10-3/h4-5,7H,6H2,1-3H3/b5-4-. The summed E-state index contributed by atoms with van der Waals surface area (Å²) in [5.41, 5.74) is 0. The van der Waals surface area contributed by atoms with Gasteiger partial charge in [-0.05, 0) is 5.92 Å². The third-order valence-electron chi connectivity index (χ3n) is 0.985. The monoisotopic (exact) mass is 158 g/mol. The third kappa shape index (κ3) is 6.90. The first-order valence-corrected chi connectivity index (χ1v) is 3.54. The maximum Gasteiger partial charge on any atom is 0.508 e. The molecule has 0 unspecified atom stereocenters. The predicted molar refractivity (Wildman–Crippen MR) is 42.3 cm³/mol. The van der Waals surface area contributed by atoms with Crippen molar-refractivity contribution < 1.29 is 14.3 Å². The second kappa shape index (κ2) is 5.77. The number of hydrogen-bond acceptors (Lipinski definition) is 3. The van der Waals surface area contributed by atoms with E-state index in [1.165, 1.54) is 7.11 Å². The fraction of sp³-hybridized carbons (Fsp3) is 0.625. The van der Waals surface area contributed by atoms with Gasteiger partial charge in [0.05, 0.1) is 7.11 Å². The molecule has 0 aliphatic carbocycles. The molecule has 0 rings (SSSR count). The van der Waals surface area contributed by atoms with Gasteiger partial charge in [-0.3, -0.25) is 0 Å². The second-order valence-corrected chi connectivity index (χ2v) is 2.44. The van der Waals surface area contributed by atoms with Crippen molar-refractivity contribution in [2.45, 2.75) is 13.8 Å². The van der Waals surface area contributed by atoms with E-state index in [0.717, 1.165) is 0 Å². The van der Waals surface area contributed by atoms with Crippen LogP contribution < -0.4 is 0 Å². The normalized spacial score (nSPS) is 10.5. The minimum Gasteiger partial charge on any atom is -0.438 e. The van der Waals surface area contributed by atoms with Gasteiger partial charge < -0.3 is 9.47 Å². The molecular formula is C8H14O3. The highest BCUT2D eigenvalue weighted by Gasteiger charge is 1.95. The van der Waals surface area contributed by atoms with Crippen LogP contribution in [0.25, 0.3) is 0 Å². The van der Waals surface area contributed by atoms with Gasteiger partial charge in [0, 0.05) is 0 Å². The molecule has 0 fully saturated rings. The molecule has 0 spiro atoms. The first-order chi connectivity index (χ1) is 5.16. The Kier molecular flexibility index (Phi) is 5.25. The molecule has 3 heteroatoms. The lowest BCUT2D eigenvalue weighted by Gasteiger charge is -1.98. The third-order valence-corrected chi connectivity index (χ3v) is 0.985. The van der Waals surface area contributed by atoms with Crippen molar-refractivity contribution in [1.29, 1.82) is 0 Å². The SMILES string of the molecule is COC(=O)OC/C=C\C(C)C. The molecule has 0 bridgehead atoms. The Morgan fingerprint density at radius 2 is 2.18 bits per heavy atom. The number of carbonyl (C=O) groups is 1. The number of allylic oxidation sites excluding steroid dienone is 1. The Bertz CT molecular complexity index is 138. The van der Waals surface area contributed by atoms with Gasteiger partial charge in [-0.1, -0.05) is 26.0 Å². The van der Waals surface area contributed by atoms with Gasteiger partial charge in [0.1, 0.15) is 6.61 Å². The maximum atomic E-state index is 10.4. The topological polar surface area (TPSA) is 35.5 Å². The zero-order valence-electron chi connectivity index (χ0n) is 7.16. The molecule has 0 N–H and O–H groups in total. The van der Waals surface area contributed by atoms with Crippen LogP contribution in [0.4, 0.5) is 4.79 Å². The Labute approximate surface area is 67.0 Å². The Morgan fingerprint density at radius 3 is 2.64 bits per heavy atom. The summed E-state index contributed by atoms with van der Waals surface area (Å²) in [6.45, 7) is 4.38. The summed E-state index contributed by atoms with van der Waals surface area (Å²) in [6.07, 6.45) is 3.11. The molecule has 0 aliphatic rings. The lowest BCUT2D eigenvalue weighted by atomic mass is 10.2. The van der Waals surface area contributed by atoms with Crippen LogP contribution >= 0.6 is 0 Å². The molecule has 0 aromatic rings. The van der Waals surface area contributed by atoms with Crippen molar-refractivity contribution in [1.82, 2.24) is 0 Å². The van der Waals surface area contributed by atoms with Crippen LogP contribution in [0.5, 0.6) is 0 Å². The highest BCUT2D eigenvalue weighted by molar-refractivity contribution is 5.59. The average molecular weight is 158 g/mol. The lowest BCUT2D eigenvalue weighted by Crippen LogP contribution is -2.03. The Hall–Kier alpha value is -0.990. The van der Waals surface area contributed by atoms with Crippen LogP contribution in [0.3, 0.4) is 0 Å². The summed E-state index contributed by atoms with van der Waals surface area (Å²) in [4.78, 5) is 10.4. The van der Waals surface area contributed by atoms with E-state index in [4.69, 9.17) is 0 Å². The molecule has 0 amide bonds. The summed E-state index contributed by atoms with van der Waals surface area (Å²) in [5.74, 6) is 0.483. The molecule has 0 aromatic heterocycles. The quantitative estimate of drug-likeness (QED) is 0.465. The predicted octanol–water partition coefficient (Wildman–Crippen LogP) is 1.98. The number of carbonyl (C=O) groups excluding carboxylic acids is 1. The first-order valence-electron chi connectivity index (χ1n) is 3.54. The van der Waals surface area contributed by atoms with E-state index in [1.54, 1.807) is 6.08 Å². The number of methoxy groups -OCH3 is 1. The summed E-state index contributed by atoms with van der Waals surface area (Å²) >= 11 is 0. The van der Waals surface area contributed by atoms with E-state index in [-0.39, 0.29) is 6.61 Å². The Balaban J connectivity index is 3.34. The van der Waals surface area contributed by atoms with Crippen molar-refractivity contribution in [3.8, 4) is 0 Å². The first kappa shape index (κ1) is 10.0. The van der Waals surface area contributed by atoms with Crippen molar-refractivity contribution in [2.75, 3.05) is 13.7 Å². The Morgan fingerprint density at radius 1 is 1.55 bits per heavy atom. The van der Waals surface area contributed by atoms with Crippen LogP contribution in [0, 0.1) is 5.92 Å². The van der Waals surface area contributed by atoms with Gasteiger partial charge in [0.15, 0.2) is 0 Å². The highest BCUT2D eigenvalue weighted by atomic mass is 16.7. The van der Waals surface area contributed by atoms with E-state index < -0.39 is 6.16 Å². The molecule has 0 saturated heterocycles. The number of hydrogen-bond donors (Lipinski definition) is 0. The summed E-state index contributed by atoms with van der Waals surface area (Å²) in [6, 6.07) is 0. The fourth-order valence-electron chi connectivity index (χ4n) is 0.503. The van der Waals surface area contributed by atoms with E-state index in [9.17, 15) is 4.79 Å². The van der Waals surface area contributed by atoms with Gasteiger partial charge in [-0.15, -0.1) is 0 Å². The van der Waals surface area contributed by atoms with E-state index in [1.807, 2.05) is 6.08 Å². The van der Waals surface area contributed by atoms with Crippen molar-refractivity contribution >= 4 is 6.16 Å². The smallest absolute Gasteiger partial charge is 0.438 e. The minimum atomic E-state index is -0.640. The van der Waals surface area contributed by atoms with E-state index >= 15 is 0 Å². The van der Waals surface area contributed by atoms with Gasteiger partial charge in [-0.2, -0.15) is 0 Å². The number of rotatable bonds is 3. The number of ether oxygens (including phenoxy) is 2. The van der Waals surface area contributed by atoms with Crippen molar-refractivity contribution in [3.05, 3.63) is 12.2 Å². The summed E-state index contributed by atoms with van der Waals surface area (Å²) < 4.78 is 8.86. The molecule has 0 heterocycles. The molecule has 0 atom stereocenters. The molecule has 3 nitrogen and oxygen atoms in total. The highest BCUT2D eigenvalue weighted by Crippen LogP contribution is 1.93. The average Bonchev–Trinajstić information content (AvgIpc) is 1.97. The van der Waals surface area contributed by atoms with Gasteiger partial charge >= 0.3 is 6.16 Å². The summed E-state index contributed by atoms with van der Waals surface area (Å²) in [5, 5.41) is 0. The zero-order chi connectivity index (χ0) is 8.69. The molecule has 64 valence electrons. The molecule has 0 aliphatic heterocycles. The van der Waals surface area contributed by atoms with Gasteiger partial charge in [0.25, 0.3) is 0 Å². The van der Waals surface area contributed by atoms with Crippen LogP contribution in [-0.4, -0.2) is 19.9 Å². The van der Waals surface area contributed by atoms with Crippen molar-refractivity contribution in [3.63, 3.8) is 0 Å². The van der Waals surface area contributed by atoms with Crippen LogP contribution in [0.15, 0.2) is 12.2 Å². The van der Waals surface area contributed by atoms with Crippen LogP contribution in [-0.2, 0) is 9.47 Å². The van der Waals surface area contributed by atoms with Gasteiger partial charge in [-0.25, -0.2) is 4.79 Å². The minimum absolute atomic E-state index is 0.283. The fourth-order valence-corrected chi connectivity index (χ4v) is 0.503.